The van der Waals surface area contributed by atoms with E-state index in [4.69, 9.17) is 9.47 Å². The molecular formula is C26H32F2N2O4. The van der Waals surface area contributed by atoms with E-state index in [0.717, 1.165) is 36.3 Å². The summed E-state index contributed by atoms with van der Waals surface area (Å²) < 4.78 is 39.2. The first kappa shape index (κ1) is 25.6. The Bertz CT molecular complexity index is 969. The molecule has 1 fully saturated rings. The van der Waals surface area contributed by atoms with Crippen LogP contribution in [0.5, 0.6) is 5.75 Å². The molecule has 0 radical (unpaired) electrons. The maximum atomic E-state index is 14.0. The van der Waals surface area contributed by atoms with Gasteiger partial charge in [0.2, 0.25) is 5.91 Å². The van der Waals surface area contributed by atoms with Crippen LogP contribution in [-0.4, -0.2) is 44.2 Å². The van der Waals surface area contributed by atoms with E-state index >= 15 is 0 Å². The van der Waals surface area contributed by atoms with Gasteiger partial charge in [0.25, 0.3) is 5.91 Å². The molecule has 0 spiro atoms. The lowest BCUT2D eigenvalue weighted by molar-refractivity contribution is -0.124. The van der Waals surface area contributed by atoms with Crippen LogP contribution in [0.25, 0.3) is 0 Å². The van der Waals surface area contributed by atoms with Crippen molar-refractivity contribution in [2.24, 2.45) is 5.92 Å². The highest BCUT2D eigenvalue weighted by molar-refractivity contribution is 5.98. The molecule has 2 N–H and O–H groups in total. The summed E-state index contributed by atoms with van der Waals surface area (Å²) >= 11 is 0. The zero-order valence-corrected chi connectivity index (χ0v) is 19.8. The van der Waals surface area contributed by atoms with Gasteiger partial charge in [0.1, 0.15) is 29.0 Å². The quantitative estimate of drug-likeness (QED) is 0.577. The van der Waals surface area contributed by atoms with Crippen LogP contribution in [0.3, 0.4) is 0 Å². The highest BCUT2D eigenvalue weighted by Crippen LogP contribution is 2.35. The van der Waals surface area contributed by atoms with Gasteiger partial charge in [-0.15, -0.1) is 0 Å². The smallest absolute Gasteiger partial charge is 0.257 e. The van der Waals surface area contributed by atoms with Gasteiger partial charge in [0, 0.05) is 25.2 Å². The number of benzene rings is 2. The molecule has 0 saturated carbocycles. The maximum absolute atomic E-state index is 14.0. The summed E-state index contributed by atoms with van der Waals surface area (Å²) in [7, 11) is 0. The molecule has 184 valence electrons. The molecule has 1 saturated heterocycles. The third kappa shape index (κ3) is 5.91. The lowest BCUT2D eigenvalue weighted by atomic mass is 9.74. The molecule has 1 unspecified atom stereocenters. The number of halogens is 2. The molecule has 1 aliphatic rings. The molecule has 3 rings (SSSR count). The third-order valence-electron chi connectivity index (χ3n) is 6.25. The van der Waals surface area contributed by atoms with E-state index < -0.39 is 35.1 Å². The zero-order chi connectivity index (χ0) is 24.7. The highest BCUT2D eigenvalue weighted by atomic mass is 19.1. The van der Waals surface area contributed by atoms with E-state index in [-0.39, 0.29) is 11.3 Å². The van der Waals surface area contributed by atoms with Crippen molar-refractivity contribution in [2.75, 3.05) is 26.4 Å². The predicted octanol–water partition coefficient (Wildman–Crippen LogP) is 3.98. The van der Waals surface area contributed by atoms with E-state index in [1.807, 2.05) is 31.2 Å². The van der Waals surface area contributed by atoms with Gasteiger partial charge in [-0.25, -0.2) is 8.78 Å². The fraction of sp³-hybridized carbons (Fsp3) is 0.462. The van der Waals surface area contributed by atoms with Crippen LogP contribution in [0.4, 0.5) is 8.78 Å². The summed E-state index contributed by atoms with van der Waals surface area (Å²) in [6.07, 6.45) is 1.45. The van der Waals surface area contributed by atoms with Gasteiger partial charge in [-0.2, -0.15) is 0 Å². The van der Waals surface area contributed by atoms with Gasteiger partial charge in [0.15, 0.2) is 0 Å². The molecule has 2 aromatic carbocycles. The van der Waals surface area contributed by atoms with Crippen molar-refractivity contribution in [3.63, 3.8) is 0 Å². The average Bonchev–Trinajstić information content (AvgIpc) is 2.82. The summed E-state index contributed by atoms with van der Waals surface area (Å²) in [5, 5.41) is 5.47. The number of hydrogen-bond acceptors (Lipinski definition) is 4. The van der Waals surface area contributed by atoms with Crippen molar-refractivity contribution in [1.29, 1.82) is 0 Å². The average molecular weight is 475 g/mol. The monoisotopic (exact) mass is 474 g/mol. The van der Waals surface area contributed by atoms with Crippen molar-refractivity contribution >= 4 is 11.8 Å². The summed E-state index contributed by atoms with van der Waals surface area (Å²) in [5.41, 5.74) is 0.0383. The molecule has 2 amide bonds. The Kier molecular flexibility index (Phi) is 8.61. The molecule has 0 aliphatic carbocycles. The van der Waals surface area contributed by atoms with Crippen molar-refractivity contribution in [3.05, 3.63) is 65.2 Å². The number of rotatable bonds is 9. The molecule has 1 aliphatic heterocycles. The van der Waals surface area contributed by atoms with Crippen LogP contribution in [0.15, 0.2) is 42.5 Å². The minimum atomic E-state index is -0.975. The molecule has 0 aromatic heterocycles. The lowest BCUT2D eigenvalue weighted by Crippen LogP contribution is -2.53. The fourth-order valence-electron chi connectivity index (χ4n) is 4.23. The van der Waals surface area contributed by atoms with Gasteiger partial charge in [-0.1, -0.05) is 32.0 Å². The second-order valence-corrected chi connectivity index (χ2v) is 8.86. The van der Waals surface area contributed by atoms with Gasteiger partial charge in [0.05, 0.1) is 6.61 Å². The van der Waals surface area contributed by atoms with E-state index in [1.54, 1.807) is 13.8 Å². The van der Waals surface area contributed by atoms with Crippen LogP contribution in [0, 0.1) is 17.6 Å². The Morgan fingerprint density at radius 1 is 1.06 bits per heavy atom. The zero-order valence-electron chi connectivity index (χ0n) is 19.8. The fourth-order valence-corrected chi connectivity index (χ4v) is 4.23. The molecule has 1 heterocycles. The van der Waals surface area contributed by atoms with Crippen LogP contribution in [0.2, 0.25) is 0 Å². The second kappa shape index (κ2) is 11.4. The summed E-state index contributed by atoms with van der Waals surface area (Å²) in [6, 6.07) is 10.1. The second-order valence-electron chi connectivity index (χ2n) is 8.86. The number of nitrogens with one attached hydrogen (secondary N) is 2. The van der Waals surface area contributed by atoms with E-state index in [2.05, 4.69) is 10.6 Å². The van der Waals surface area contributed by atoms with E-state index in [0.29, 0.717) is 26.4 Å². The number of hydrogen-bond donors (Lipinski definition) is 2. The van der Waals surface area contributed by atoms with Gasteiger partial charge in [-0.05, 0) is 55.5 Å². The van der Waals surface area contributed by atoms with Gasteiger partial charge in [-0.3, -0.25) is 9.59 Å². The Morgan fingerprint density at radius 2 is 1.68 bits per heavy atom. The highest BCUT2D eigenvalue weighted by Gasteiger charge is 2.36. The number of ether oxygens (including phenoxy) is 2. The topological polar surface area (TPSA) is 76.7 Å². The first-order valence-electron chi connectivity index (χ1n) is 11.6. The predicted molar refractivity (Wildman–Crippen MR) is 125 cm³/mol. The van der Waals surface area contributed by atoms with Crippen molar-refractivity contribution in [3.8, 4) is 5.75 Å². The minimum Gasteiger partial charge on any atom is -0.494 e. The molecule has 34 heavy (non-hydrogen) atoms. The Labute approximate surface area is 199 Å². The van der Waals surface area contributed by atoms with Gasteiger partial charge < -0.3 is 20.1 Å². The summed E-state index contributed by atoms with van der Waals surface area (Å²) in [6.45, 7) is 7.51. The first-order valence-corrected chi connectivity index (χ1v) is 11.6. The molecule has 2 aromatic rings. The summed E-state index contributed by atoms with van der Waals surface area (Å²) in [5.74, 6) is -2.84. The number of carbonyl (C=O) groups is 2. The lowest BCUT2D eigenvalue weighted by Gasteiger charge is -2.38. The van der Waals surface area contributed by atoms with Crippen molar-refractivity contribution in [1.82, 2.24) is 10.6 Å². The molecule has 0 bridgehead atoms. The largest absolute Gasteiger partial charge is 0.494 e. The third-order valence-corrected chi connectivity index (χ3v) is 6.25. The molecular weight excluding hydrogens is 442 g/mol. The number of carbonyl (C=O) groups excluding carboxylic acids is 2. The van der Waals surface area contributed by atoms with Crippen molar-refractivity contribution in [2.45, 2.75) is 45.1 Å². The first-order chi connectivity index (χ1) is 16.3. The summed E-state index contributed by atoms with van der Waals surface area (Å²) in [4.78, 5) is 25.7. The SMILES string of the molecule is CCOc1ccc(C2(CNC(=O)C(NC(=O)c3c(F)cccc3F)C(C)C)CCOCC2)cc1. The van der Waals surface area contributed by atoms with Crippen LogP contribution in [0.1, 0.15) is 49.5 Å². The minimum absolute atomic E-state index is 0.296. The molecule has 6 nitrogen and oxygen atoms in total. The van der Waals surface area contributed by atoms with Gasteiger partial charge >= 0.3 is 0 Å². The number of amides is 2. The van der Waals surface area contributed by atoms with E-state index in [1.165, 1.54) is 6.07 Å². The van der Waals surface area contributed by atoms with Crippen molar-refractivity contribution < 1.29 is 27.8 Å². The maximum Gasteiger partial charge on any atom is 0.257 e. The molecule has 8 heteroatoms. The Balaban J connectivity index is 1.74. The molecule has 1 atom stereocenters. The van der Waals surface area contributed by atoms with Crippen LogP contribution in [-0.2, 0) is 14.9 Å². The normalized spacial score (nSPS) is 16.1. The Hall–Kier alpha value is -3.00. The standard InChI is InChI=1S/C26H32F2N2O4/c1-4-34-19-10-8-18(9-11-19)26(12-14-33-15-13-26)16-29-25(32)23(17(2)3)30-24(31)22-20(27)6-5-7-21(22)28/h5-11,17,23H,4,12-16H2,1-3H3,(H,29,32)(H,30,31). The van der Waals surface area contributed by atoms with E-state index in [9.17, 15) is 18.4 Å². The Morgan fingerprint density at radius 3 is 2.24 bits per heavy atom. The van der Waals surface area contributed by atoms with Crippen LogP contribution < -0.4 is 15.4 Å². The van der Waals surface area contributed by atoms with Crippen LogP contribution >= 0.6 is 0 Å².